The summed E-state index contributed by atoms with van der Waals surface area (Å²) in [6, 6.07) is 2.12. The van der Waals surface area contributed by atoms with E-state index in [1.807, 2.05) is 6.07 Å². The van der Waals surface area contributed by atoms with Crippen LogP contribution in [0.15, 0.2) is 4.47 Å². The molecular weight excluding hydrogens is 288 g/mol. The molecule has 1 amide bonds. The zero-order valence-electron chi connectivity index (χ0n) is 9.22. The lowest BCUT2D eigenvalue weighted by Gasteiger charge is -2.17. The number of carboxylic acid groups (broad SMARTS) is 1. The van der Waals surface area contributed by atoms with Crippen molar-refractivity contribution in [2.24, 2.45) is 7.05 Å². The number of hydrogen-bond acceptors (Lipinski definition) is 3. The monoisotopic (exact) mass is 298 g/mol. The third kappa shape index (κ3) is 2.26. The summed E-state index contributed by atoms with van der Waals surface area (Å²) in [4.78, 5) is 12.4. The quantitative estimate of drug-likeness (QED) is 0.921. The molecule has 0 aliphatic heterocycles. The van der Waals surface area contributed by atoms with Gasteiger partial charge in [-0.25, -0.2) is 4.79 Å². The van der Waals surface area contributed by atoms with Crippen LogP contribution in [0.5, 0.6) is 0 Å². The Bertz CT molecular complexity index is 501. The second-order valence-electron chi connectivity index (χ2n) is 3.99. The predicted octanol–water partition coefficient (Wildman–Crippen LogP) is 1.70. The van der Waals surface area contributed by atoms with Crippen LogP contribution in [0.4, 0.5) is 4.79 Å². The first-order valence-corrected chi connectivity index (χ1v) is 5.95. The second kappa shape index (κ2) is 4.37. The first-order chi connectivity index (χ1) is 8.04. The minimum Gasteiger partial charge on any atom is -0.465 e. The summed E-state index contributed by atoms with van der Waals surface area (Å²) in [7, 11) is 1.66. The Morgan fingerprint density at radius 1 is 1.76 bits per heavy atom. The normalized spacial score (nSPS) is 14.4. The summed E-state index contributed by atoms with van der Waals surface area (Å²) in [5.74, 6) is 0. The van der Waals surface area contributed by atoms with Gasteiger partial charge >= 0.3 is 6.09 Å². The Morgan fingerprint density at radius 2 is 2.41 bits per heavy atom. The van der Waals surface area contributed by atoms with E-state index in [0.717, 1.165) is 12.8 Å². The molecule has 90 valence electrons. The maximum atomic E-state index is 11.1. The largest absolute Gasteiger partial charge is 0.465 e. The maximum absolute atomic E-state index is 11.1. The van der Waals surface area contributed by atoms with E-state index in [1.165, 1.54) is 9.58 Å². The topological polar surface area (TPSA) is 82.2 Å². The first kappa shape index (κ1) is 11.9. The maximum Gasteiger partial charge on any atom is 0.407 e. The van der Waals surface area contributed by atoms with Gasteiger partial charge in [0.2, 0.25) is 0 Å². The minimum absolute atomic E-state index is 0.104. The average Bonchev–Trinajstić information content (AvgIpc) is 3.04. The van der Waals surface area contributed by atoms with Gasteiger partial charge in [0.15, 0.2) is 5.69 Å². The van der Waals surface area contributed by atoms with E-state index in [4.69, 9.17) is 10.4 Å². The summed E-state index contributed by atoms with van der Waals surface area (Å²) in [6.45, 7) is 0.218. The lowest BCUT2D eigenvalue weighted by Crippen LogP contribution is -2.31. The molecule has 1 aliphatic carbocycles. The number of amides is 1. The number of nitrogens with zero attached hydrogens (tertiary/aromatic N) is 4. The molecule has 1 aromatic rings. The van der Waals surface area contributed by atoms with Gasteiger partial charge in [-0.1, -0.05) is 0 Å². The molecule has 0 saturated heterocycles. The van der Waals surface area contributed by atoms with Gasteiger partial charge in [0.05, 0.1) is 16.7 Å². The molecule has 1 aromatic heterocycles. The molecule has 17 heavy (non-hydrogen) atoms. The highest BCUT2D eigenvalue weighted by Gasteiger charge is 2.33. The third-order valence-corrected chi connectivity index (χ3v) is 3.55. The van der Waals surface area contributed by atoms with Crippen LogP contribution in [0.25, 0.3) is 0 Å². The van der Waals surface area contributed by atoms with Crippen molar-refractivity contribution < 1.29 is 9.90 Å². The Kier molecular flexibility index (Phi) is 3.07. The highest BCUT2D eigenvalue weighted by molar-refractivity contribution is 9.10. The fraction of sp³-hybridized carbons (Fsp3) is 0.500. The van der Waals surface area contributed by atoms with Gasteiger partial charge in [-0.3, -0.25) is 9.58 Å². The van der Waals surface area contributed by atoms with E-state index in [0.29, 0.717) is 15.9 Å². The van der Waals surface area contributed by atoms with E-state index < -0.39 is 6.09 Å². The number of carbonyl (C=O) groups is 1. The van der Waals surface area contributed by atoms with Gasteiger partial charge in [-0.05, 0) is 28.8 Å². The van der Waals surface area contributed by atoms with Crippen LogP contribution in [-0.2, 0) is 13.6 Å². The number of hydrogen-bond donors (Lipinski definition) is 1. The molecule has 1 saturated carbocycles. The number of rotatable bonds is 3. The SMILES string of the molecule is Cn1nc(CN(C(=O)O)C2CC2)c(Br)c1C#N. The van der Waals surface area contributed by atoms with Gasteiger partial charge in [-0.15, -0.1) is 0 Å². The molecular formula is C10H11BrN4O2. The molecule has 2 rings (SSSR count). The van der Waals surface area contributed by atoms with E-state index in [9.17, 15) is 4.79 Å². The van der Waals surface area contributed by atoms with Gasteiger partial charge in [0.1, 0.15) is 6.07 Å². The van der Waals surface area contributed by atoms with Crippen LogP contribution in [0, 0.1) is 11.3 Å². The van der Waals surface area contributed by atoms with Crippen LogP contribution < -0.4 is 0 Å². The van der Waals surface area contributed by atoms with Crippen LogP contribution in [0.3, 0.4) is 0 Å². The molecule has 1 N–H and O–H groups in total. The van der Waals surface area contributed by atoms with Crippen molar-refractivity contribution >= 4 is 22.0 Å². The highest BCUT2D eigenvalue weighted by Crippen LogP contribution is 2.30. The molecule has 7 heteroatoms. The number of aromatic nitrogens is 2. The predicted molar refractivity (Wildman–Crippen MR) is 62.2 cm³/mol. The summed E-state index contributed by atoms with van der Waals surface area (Å²) in [5.41, 5.74) is 0.986. The lowest BCUT2D eigenvalue weighted by molar-refractivity contribution is 0.138. The van der Waals surface area contributed by atoms with Crippen molar-refractivity contribution in [2.45, 2.75) is 25.4 Å². The first-order valence-electron chi connectivity index (χ1n) is 5.15. The van der Waals surface area contributed by atoms with Crippen molar-refractivity contribution in [1.82, 2.24) is 14.7 Å². The van der Waals surface area contributed by atoms with Gasteiger partial charge in [-0.2, -0.15) is 10.4 Å². The van der Waals surface area contributed by atoms with E-state index >= 15 is 0 Å². The van der Waals surface area contributed by atoms with Crippen molar-refractivity contribution in [2.75, 3.05) is 0 Å². The van der Waals surface area contributed by atoms with Crippen molar-refractivity contribution in [3.8, 4) is 6.07 Å². The molecule has 1 aliphatic rings. The lowest BCUT2D eigenvalue weighted by atomic mass is 10.3. The Labute approximate surface area is 107 Å². The molecule has 6 nitrogen and oxygen atoms in total. The molecule has 0 radical (unpaired) electrons. The van der Waals surface area contributed by atoms with Crippen LogP contribution >= 0.6 is 15.9 Å². The minimum atomic E-state index is -0.941. The fourth-order valence-corrected chi connectivity index (χ4v) is 2.23. The van der Waals surface area contributed by atoms with Gasteiger partial charge < -0.3 is 5.11 Å². The molecule has 0 aromatic carbocycles. The molecule has 0 atom stereocenters. The van der Waals surface area contributed by atoms with E-state index in [1.54, 1.807) is 7.05 Å². The van der Waals surface area contributed by atoms with Crippen molar-refractivity contribution in [3.05, 3.63) is 15.9 Å². The van der Waals surface area contributed by atoms with Gasteiger partial charge in [0.25, 0.3) is 0 Å². The molecule has 1 fully saturated rings. The summed E-state index contributed by atoms with van der Waals surface area (Å²) >= 11 is 3.28. The van der Waals surface area contributed by atoms with Crippen molar-refractivity contribution in [3.63, 3.8) is 0 Å². The van der Waals surface area contributed by atoms with E-state index in [-0.39, 0.29) is 12.6 Å². The zero-order valence-corrected chi connectivity index (χ0v) is 10.8. The smallest absolute Gasteiger partial charge is 0.407 e. The summed E-state index contributed by atoms with van der Waals surface area (Å²) in [6.07, 6.45) is 0.868. The Hall–Kier alpha value is -1.55. The highest BCUT2D eigenvalue weighted by atomic mass is 79.9. The standard InChI is InChI=1S/C10H11BrN4O2/c1-14-8(4-12)9(11)7(13-14)5-15(10(16)17)6-2-3-6/h6H,2-3,5H2,1H3,(H,16,17). The summed E-state index contributed by atoms with van der Waals surface area (Å²) in [5, 5.41) is 22.1. The second-order valence-corrected chi connectivity index (χ2v) is 4.78. The number of nitriles is 1. The number of aryl methyl sites for hydroxylation is 1. The van der Waals surface area contributed by atoms with Crippen LogP contribution in [-0.4, -0.2) is 31.9 Å². The molecule has 0 unspecified atom stereocenters. The molecule has 0 bridgehead atoms. The van der Waals surface area contributed by atoms with Crippen molar-refractivity contribution in [1.29, 1.82) is 5.26 Å². The van der Waals surface area contributed by atoms with E-state index in [2.05, 4.69) is 21.0 Å². The average molecular weight is 299 g/mol. The Morgan fingerprint density at radius 3 is 2.82 bits per heavy atom. The third-order valence-electron chi connectivity index (χ3n) is 2.71. The van der Waals surface area contributed by atoms with Gasteiger partial charge in [0, 0.05) is 13.1 Å². The fourth-order valence-electron chi connectivity index (χ4n) is 1.68. The van der Waals surface area contributed by atoms with Crippen LogP contribution in [0.2, 0.25) is 0 Å². The molecule has 0 spiro atoms. The number of halogens is 1. The summed E-state index contributed by atoms with van der Waals surface area (Å²) < 4.78 is 2.03. The zero-order chi connectivity index (χ0) is 12.6. The van der Waals surface area contributed by atoms with Crippen LogP contribution in [0.1, 0.15) is 24.2 Å². The molecule has 1 heterocycles. The Balaban J connectivity index is 2.23.